The van der Waals surface area contributed by atoms with E-state index >= 15 is 0 Å². The van der Waals surface area contributed by atoms with Gasteiger partial charge in [-0.05, 0) is 66.5 Å². The highest BCUT2D eigenvalue weighted by Gasteiger charge is 2.34. The van der Waals surface area contributed by atoms with Gasteiger partial charge < -0.3 is 20.9 Å². The lowest BCUT2D eigenvalue weighted by Gasteiger charge is -2.37. The summed E-state index contributed by atoms with van der Waals surface area (Å²) in [6.07, 6.45) is -0.670. The third-order valence-electron chi connectivity index (χ3n) is 7.80. The number of benzene rings is 2. The molecular formula is C28H37F3N4S. The van der Waals surface area contributed by atoms with Crippen LogP contribution in [-0.4, -0.2) is 50.2 Å². The summed E-state index contributed by atoms with van der Waals surface area (Å²) in [5, 5.41) is 3.51. The first-order chi connectivity index (χ1) is 17.2. The van der Waals surface area contributed by atoms with Crippen molar-refractivity contribution in [1.29, 1.82) is 0 Å². The van der Waals surface area contributed by atoms with Crippen molar-refractivity contribution in [2.75, 3.05) is 49.5 Å². The molecule has 196 valence electrons. The Balaban J connectivity index is 1.40. The minimum absolute atomic E-state index is 0.170. The summed E-state index contributed by atoms with van der Waals surface area (Å²) in [7, 11) is 0. The van der Waals surface area contributed by atoms with Crippen LogP contribution in [0.3, 0.4) is 0 Å². The predicted octanol–water partition coefficient (Wildman–Crippen LogP) is 6.08. The van der Waals surface area contributed by atoms with Gasteiger partial charge in [0, 0.05) is 72.9 Å². The predicted molar refractivity (Wildman–Crippen MR) is 142 cm³/mol. The van der Waals surface area contributed by atoms with E-state index in [2.05, 4.69) is 47.2 Å². The Morgan fingerprint density at radius 3 is 2.42 bits per heavy atom. The van der Waals surface area contributed by atoms with E-state index in [0.717, 1.165) is 60.9 Å². The van der Waals surface area contributed by atoms with Crippen molar-refractivity contribution in [3.63, 3.8) is 0 Å². The normalized spacial score (nSPS) is 23.3. The number of rotatable bonds is 5. The summed E-state index contributed by atoms with van der Waals surface area (Å²) in [6, 6.07) is 9.39. The number of fused-ring (bicyclic) bond motifs is 2. The molecule has 4 nitrogen and oxygen atoms in total. The molecule has 0 bridgehead atoms. The minimum Gasteiger partial charge on any atom is -0.382 e. The summed E-state index contributed by atoms with van der Waals surface area (Å²) in [5.74, 6) is 1.28. The Morgan fingerprint density at radius 2 is 1.75 bits per heavy atom. The molecule has 2 aromatic rings. The van der Waals surface area contributed by atoms with Gasteiger partial charge >= 0.3 is 6.18 Å². The summed E-state index contributed by atoms with van der Waals surface area (Å²) >= 11 is 1.49. The molecule has 0 amide bonds. The molecule has 3 aliphatic rings. The fraction of sp³-hybridized carbons (Fsp3) is 0.571. The molecule has 0 radical (unpaired) electrons. The van der Waals surface area contributed by atoms with Crippen LogP contribution >= 0.6 is 11.8 Å². The number of nitrogens with zero attached hydrogens (tertiary/aromatic N) is 2. The second-order valence-electron chi connectivity index (χ2n) is 11.0. The quantitative estimate of drug-likeness (QED) is 0.429. The number of nitrogens with two attached hydrogens (primary N) is 1. The maximum Gasteiger partial charge on any atom is 0.416 e. The average molecular weight is 519 g/mol. The second kappa shape index (κ2) is 10.5. The fourth-order valence-electron chi connectivity index (χ4n) is 6.08. The van der Waals surface area contributed by atoms with Crippen LogP contribution in [0.5, 0.6) is 0 Å². The second-order valence-corrected chi connectivity index (χ2v) is 12.1. The van der Waals surface area contributed by atoms with Gasteiger partial charge in [-0.25, -0.2) is 0 Å². The van der Waals surface area contributed by atoms with Crippen molar-refractivity contribution < 1.29 is 13.2 Å². The van der Waals surface area contributed by atoms with Crippen LogP contribution in [0.1, 0.15) is 49.8 Å². The molecule has 36 heavy (non-hydrogen) atoms. The molecule has 2 atom stereocenters. The summed E-state index contributed by atoms with van der Waals surface area (Å²) in [4.78, 5) is 6.56. The van der Waals surface area contributed by atoms with E-state index in [1.54, 1.807) is 0 Å². The number of anilines is 2. The number of halogens is 3. The largest absolute Gasteiger partial charge is 0.416 e. The third-order valence-corrected chi connectivity index (χ3v) is 8.98. The number of piperidine rings is 2. The molecule has 0 aromatic heterocycles. The number of hydrogen-bond donors (Lipinski definition) is 2. The molecule has 2 aromatic carbocycles. The van der Waals surface area contributed by atoms with Crippen LogP contribution in [-0.2, 0) is 12.6 Å². The van der Waals surface area contributed by atoms with E-state index in [1.165, 1.54) is 41.6 Å². The lowest BCUT2D eigenvalue weighted by atomic mass is 9.91. The van der Waals surface area contributed by atoms with Crippen molar-refractivity contribution in [2.45, 2.75) is 61.5 Å². The number of hydrogen-bond acceptors (Lipinski definition) is 5. The van der Waals surface area contributed by atoms with Gasteiger partial charge in [-0.15, -0.1) is 0 Å². The topological polar surface area (TPSA) is 44.5 Å². The molecule has 0 spiro atoms. The molecular weight excluding hydrogens is 481 g/mol. The van der Waals surface area contributed by atoms with Crippen LogP contribution in [0.25, 0.3) is 0 Å². The zero-order chi connectivity index (χ0) is 25.4. The van der Waals surface area contributed by atoms with Crippen molar-refractivity contribution in [3.05, 3.63) is 47.0 Å². The van der Waals surface area contributed by atoms with Gasteiger partial charge in [0.1, 0.15) is 0 Å². The molecule has 3 N–H and O–H groups in total. The van der Waals surface area contributed by atoms with E-state index in [1.807, 2.05) is 0 Å². The molecule has 2 fully saturated rings. The third kappa shape index (κ3) is 5.65. The summed E-state index contributed by atoms with van der Waals surface area (Å²) in [5.41, 5.74) is 9.10. The maximum absolute atomic E-state index is 13.9. The lowest BCUT2D eigenvalue weighted by molar-refractivity contribution is -0.137. The molecule has 2 unspecified atom stereocenters. The Kier molecular flexibility index (Phi) is 7.48. The highest BCUT2D eigenvalue weighted by molar-refractivity contribution is 7.99. The Bertz CT molecular complexity index is 1070. The molecule has 3 heterocycles. The van der Waals surface area contributed by atoms with Crippen LogP contribution in [0, 0.1) is 11.8 Å². The Morgan fingerprint density at radius 1 is 1.03 bits per heavy atom. The van der Waals surface area contributed by atoms with Crippen LogP contribution < -0.4 is 16.0 Å². The van der Waals surface area contributed by atoms with Gasteiger partial charge in [0.25, 0.3) is 0 Å². The van der Waals surface area contributed by atoms with E-state index < -0.39 is 11.7 Å². The Hall–Kier alpha value is -1.90. The number of likely N-dealkylation sites (tertiary alicyclic amines) is 1. The summed E-state index contributed by atoms with van der Waals surface area (Å²) < 4.78 is 41.6. The van der Waals surface area contributed by atoms with E-state index in [9.17, 15) is 13.2 Å². The van der Waals surface area contributed by atoms with Gasteiger partial charge in [0.05, 0.1) is 5.56 Å². The van der Waals surface area contributed by atoms with E-state index in [-0.39, 0.29) is 6.04 Å². The molecule has 2 saturated heterocycles. The van der Waals surface area contributed by atoms with Crippen molar-refractivity contribution in [1.82, 2.24) is 4.90 Å². The minimum atomic E-state index is -4.38. The van der Waals surface area contributed by atoms with Gasteiger partial charge in [-0.3, -0.25) is 0 Å². The molecule has 3 aliphatic heterocycles. The summed E-state index contributed by atoms with van der Waals surface area (Å²) in [6.45, 7) is 9.99. The Labute approximate surface area is 216 Å². The van der Waals surface area contributed by atoms with Crippen molar-refractivity contribution in [3.8, 4) is 0 Å². The van der Waals surface area contributed by atoms with Crippen molar-refractivity contribution in [2.24, 2.45) is 17.6 Å². The zero-order valence-corrected chi connectivity index (χ0v) is 22.0. The average Bonchev–Trinajstić information content (AvgIpc) is 2.82. The first-order valence-electron chi connectivity index (χ1n) is 13.2. The standard InChI is InChI=1S/C28H37F3N4S/c1-18-11-19(2)17-35(16-18)23-4-3-20-12-24-25(33-22-5-8-34(9-6-22)10-7-32)13-21(28(29,30)31)14-27(24)36-26(20)15-23/h3-4,13-15,18-19,22,33H,5-12,16-17,32H2,1-2H3. The monoisotopic (exact) mass is 518 g/mol. The number of nitrogens with one attached hydrogen (secondary N) is 1. The van der Waals surface area contributed by atoms with E-state index in [0.29, 0.717) is 30.5 Å². The zero-order valence-electron chi connectivity index (χ0n) is 21.2. The molecule has 0 aliphatic carbocycles. The molecule has 8 heteroatoms. The van der Waals surface area contributed by atoms with E-state index in [4.69, 9.17) is 5.73 Å². The molecule has 5 rings (SSSR count). The van der Waals surface area contributed by atoms with Gasteiger partial charge in [-0.2, -0.15) is 13.2 Å². The maximum atomic E-state index is 13.9. The van der Waals surface area contributed by atoms with Crippen LogP contribution in [0.2, 0.25) is 0 Å². The highest BCUT2D eigenvalue weighted by atomic mass is 32.2. The highest BCUT2D eigenvalue weighted by Crippen LogP contribution is 2.47. The van der Waals surface area contributed by atoms with Crippen LogP contribution in [0.15, 0.2) is 40.1 Å². The van der Waals surface area contributed by atoms with Crippen molar-refractivity contribution >= 4 is 23.1 Å². The fourth-order valence-corrected chi connectivity index (χ4v) is 7.26. The smallest absolute Gasteiger partial charge is 0.382 e. The van der Waals surface area contributed by atoms with Gasteiger partial charge in [-0.1, -0.05) is 31.7 Å². The SMILES string of the molecule is CC1CC(C)CN(c2ccc3c(c2)Sc2cc(C(F)(F)F)cc(NC4CCN(CCN)CC4)c2C3)C1. The molecule has 0 saturated carbocycles. The van der Waals surface area contributed by atoms with Crippen LogP contribution in [0.4, 0.5) is 24.5 Å². The lowest BCUT2D eigenvalue weighted by Crippen LogP contribution is -2.41. The first kappa shape index (κ1) is 25.7. The first-order valence-corrected chi connectivity index (χ1v) is 14.0. The van der Waals surface area contributed by atoms with Gasteiger partial charge in [0.15, 0.2) is 0 Å². The van der Waals surface area contributed by atoms with Gasteiger partial charge in [0.2, 0.25) is 0 Å². The number of alkyl halides is 3.